The zero-order valence-electron chi connectivity index (χ0n) is 16.6. The number of nitrogens with zero attached hydrogens (tertiary/aromatic N) is 2. The molecule has 0 aliphatic carbocycles. The Morgan fingerprint density at radius 1 is 1.00 bits per heavy atom. The number of halogens is 1. The third kappa shape index (κ3) is 4.55. The minimum absolute atomic E-state index is 0.109. The van der Waals surface area contributed by atoms with Crippen molar-refractivity contribution in [1.82, 2.24) is 10.2 Å². The maximum Gasteiger partial charge on any atom is 0.236 e. The van der Waals surface area contributed by atoms with E-state index in [2.05, 4.69) is 65.7 Å². The van der Waals surface area contributed by atoms with Gasteiger partial charge in [0.25, 0.3) is 0 Å². The number of hydrogen-bond acceptors (Lipinski definition) is 3. The molecule has 0 aromatic heterocycles. The maximum atomic E-state index is 12.7. The molecular weight excluding hydrogens is 382 g/mol. The number of amides is 1. The molecule has 0 spiro atoms. The first kappa shape index (κ1) is 19.7. The molecule has 5 heteroatoms. The van der Waals surface area contributed by atoms with Crippen LogP contribution in [0.4, 0.5) is 5.69 Å². The fourth-order valence-corrected chi connectivity index (χ4v) is 4.16. The van der Waals surface area contributed by atoms with Crippen molar-refractivity contribution in [3.05, 3.63) is 77.3 Å². The number of hydrogen-bond donors (Lipinski definition) is 1. The summed E-state index contributed by atoms with van der Waals surface area (Å²) in [4.78, 5) is 16.9. The smallest absolute Gasteiger partial charge is 0.236 e. The van der Waals surface area contributed by atoms with Gasteiger partial charge < -0.3 is 15.1 Å². The van der Waals surface area contributed by atoms with Crippen molar-refractivity contribution in [3.63, 3.8) is 0 Å². The van der Waals surface area contributed by atoms with E-state index < -0.39 is 0 Å². The van der Waals surface area contributed by atoms with Gasteiger partial charge in [0, 0.05) is 42.9 Å². The summed E-state index contributed by atoms with van der Waals surface area (Å²) in [6.07, 6.45) is 0. The van der Waals surface area contributed by atoms with E-state index in [9.17, 15) is 4.79 Å². The fraction of sp³-hybridized carbons (Fsp3) is 0.292. The Bertz CT molecular complexity index is 993. The van der Waals surface area contributed by atoms with Crippen LogP contribution in [-0.2, 0) is 4.79 Å². The Kier molecular flexibility index (Phi) is 6.02. The van der Waals surface area contributed by atoms with Crippen LogP contribution in [0.2, 0.25) is 5.02 Å². The summed E-state index contributed by atoms with van der Waals surface area (Å²) < 4.78 is 0. The highest BCUT2D eigenvalue weighted by Gasteiger charge is 2.22. The normalized spacial score (nSPS) is 15.5. The second-order valence-electron chi connectivity index (χ2n) is 7.52. The third-order valence-electron chi connectivity index (χ3n) is 5.66. The number of benzene rings is 3. The molecule has 3 aromatic carbocycles. The van der Waals surface area contributed by atoms with Crippen LogP contribution in [-0.4, -0.2) is 43.5 Å². The van der Waals surface area contributed by atoms with E-state index in [-0.39, 0.29) is 11.9 Å². The van der Waals surface area contributed by atoms with Gasteiger partial charge in [-0.25, -0.2) is 0 Å². The first-order valence-corrected chi connectivity index (χ1v) is 10.5. The minimum atomic E-state index is 0.109. The van der Waals surface area contributed by atoms with Crippen molar-refractivity contribution >= 4 is 34.0 Å². The molecule has 1 saturated heterocycles. The molecular formula is C24H26ClN3O. The van der Waals surface area contributed by atoms with Crippen molar-refractivity contribution < 1.29 is 4.79 Å². The monoisotopic (exact) mass is 407 g/mol. The molecule has 3 aromatic rings. The van der Waals surface area contributed by atoms with E-state index in [4.69, 9.17) is 11.6 Å². The van der Waals surface area contributed by atoms with E-state index in [1.807, 2.05) is 23.1 Å². The standard InChI is InChI=1S/C24H26ClN3O/c1-18(22-11-4-7-19-6-2-3-10-23(19)22)26-17-24(29)28-14-12-27(13-15-28)21-9-5-8-20(25)16-21/h2-11,16,18,26H,12-15,17H2,1H3/t18-/m0/s1. The SMILES string of the molecule is C[C@H](NCC(=O)N1CCN(c2cccc(Cl)c2)CC1)c1cccc2ccccc12. The molecule has 1 heterocycles. The van der Waals surface area contributed by atoms with E-state index in [0.29, 0.717) is 6.54 Å². The molecule has 1 atom stereocenters. The van der Waals surface area contributed by atoms with Crippen LogP contribution in [0.25, 0.3) is 10.8 Å². The zero-order valence-corrected chi connectivity index (χ0v) is 17.4. The van der Waals surface area contributed by atoms with Gasteiger partial charge in [-0.2, -0.15) is 0 Å². The van der Waals surface area contributed by atoms with Crippen LogP contribution in [0.3, 0.4) is 0 Å². The minimum Gasteiger partial charge on any atom is -0.368 e. The Labute approximate surface area is 177 Å². The highest BCUT2D eigenvalue weighted by Crippen LogP contribution is 2.24. The van der Waals surface area contributed by atoms with Gasteiger partial charge in [0.1, 0.15) is 0 Å². The Balaban J connectivity index is 1.32. The van der Waals surface area contributed by atoms with Crippen LogP contribution >= 0.6 is 11.6 Å². The van der Waals surface area contributed by atoms with Crippen molar-refractivity contribution in [2.45, 2.75) is 13.0 Å². The predicted octanol–water partition coefficient (Wildman–Crippen LogP) is 4.49. The van der Waals surface area contributed by atoms with Crippen LogP contribution in [0.5, 0.6) is 0 Å². The van der Waals surface area contributed by atoms with Crippen molar-refractivity contribution in [2.75, 3.05) is 37.6 Å². The average Bonchev–Trinajstić information content (AvgIpc) is 2.77. The molecule has 1 aliphatic rings. The van der Waals surface area contributed by atoms with Crippen LogP contribution in [0.15, 0.2) is 66.7 Å². The van der Waals surface area contributed by atoms with Gasteiger partial charge in [-0.15, -0.1) is 0 Å². The van der Waals surface area contributed by atoms with Crippen molar-refractivity contribution in [1.29, 1.82) is 0 Å². The topological polar surface area (TPSA) is 35.6 Å². The van der Waals surface area contributed by atoms with Gasteiger partial charge in [-0.3, -0.25) is 4.79 Å². The van der Waals surface area contributed by atoms with Crippen molar-refractivity contribution in [2.24, 2.45) is 0 Å². The molecule has 0 bridgehead atoms. The molecule has 4 rings (SSSR count). The molecule has 1 N–H and O–H groups in total. The lowest BCUT2D eigenvalue weighted by Gasteiger charge is -2.36. The highest BCUT2D eigenvalue weighted by atomic mass is 35.5. The number of fused-ring (bicyclic) bond motifs is 1. The van der Waals surface area contributed by atoms with E-state index >= 15 is 0 Å². The molecule has 0 radical (unpaired) electrons. The average molecular weight is 408 g/mol. The summed E-state index contributed by atoms with van der Waals surface area (Å²) >= 11 is 6.10. The second-order valence-corrected chi connectivity index (χ2v) is 7.96. The molecule has 1 fully saturated rings. The number of carbonyl (C=O) groups is 1. The van der Waals surface area contributed by atoms with Gasteiger partial charge in [0.15, 0.2) is 0 Å². The van der Waals surface area contributed by atoms with Gasteiger partial charge in [-0.1, -0.05) is 60.1 Å². The molecule has 1 amide bonds. The maximum absolute atomic E-state index is 12.7. The van der Waals surface area contributed by atoms with Gasteiger partial charge in [0.2, 0.25) is 5.91 Å². The lowest BCUT2D eigenvalue weighted by Crippen LogP contribution is -2.51. The van der Waals surface area contributed by atoms with Crippen LogP contribution in [0, 0.1) is 0 Å². The molecule has 150 valence electrons. The Morgan fingerprint density at radius 3 is 2.52 bits per heavy atom. The van der Waals surface area contributed by atoms with Crippen LogP contribution in [0.1, 0.15) is 18.5 Å². The van der Waals surface area contributed by atoms with E-state index in [1.54, 1.807) is 0 Å². The molecule has 4 nitrogen and oxygen atoms in total. The summed E-state index contributed by atoms with van der Waals surface area (Å²) in [6, 6.07) is 22.7. The summed E-state index contributed by atoms with van der Waals surface area (Å²) in [7, 11) is 0. The molecule has 0 saturated carbocycles. The summed E-state index contributed by atoms with van der Waals surface area (Å²) in [5.41, 5.74) is 2.34. The first-order chi connectivity index (χ1) is 14.1. The quantitative estimate of drug-likeness (QED) is 0.676. The van der Waals surface area contributed by atoms with Gasteiger partial charge in [0.05, 0.1) is 6.54 Å². The molecule has 0 unspecified atom stereocenters. The second kappa shape index (κ2) is 8.85. The summed E-state index contributed by atoms with van der Waals surface area (Å²) in [6.45, 7) is 5.58. The van der Waals surface area contributed by atoms with E-state index in [1.165, 1.54) is 16.3 Å². The Morgan fingerprint density at radius 2 is 1.72 bits per heavy atom. The summed E-state index contributed by atoms with van der Waals surface area (Å²) in [5, 5.41) is 6.62. The third-order valence-corrected chi connectivity index (χ3v) is 5.89. The number of nitrogens with one attached hydrogen (secondary N) is 1. The first-order valence-electron chi connectivity index (χ1n) is 10.1. The number of anilines is 1. The zero-order chi connectivity index (χ0) is 20.2. The van der Waals surface area contributed by atoms with Gasteiger partial charge >= 0.3 is 0 Å². The van der Waals surface area contributed by atoms with E-state index in [0.717, 1.165) is 36.9 Å². The Hall–Kier alpha value is -2.56. The highest BCUT2D eigenvalue weighted by molar-refractivity contribution is 6.30. The predicted molar refractivity (Wildman–Crippen MR) is 121 cm³/mol. The number of carbonyl (C=O) groups excluding carboxylic acids is 1. The number of piperazine rings is 1. The lowest BCUT2D eigenvalue weighted by atomic mass is 10.00. The van der Waals surface area contributed by atoms with Gasteiger partial charge in [-0.05, 0) is 41.5 Å². The number of rotatable bonds is 5. The molecule has 1 aliphatic heterocycles. The largest absolute Gasteiger partial charge is 0.368 e. The lowest BCUT2D eigenvalue weighted by molar-refractivity contribution is -0.130. The fourth-order valence-electron chi connectivity index (χ4n) is 3.98. The van der Waals surface area contributed by atoms with Crippen LogP contribution < -0.4 is 10.2 Å². The van der Waals surface area contributed by atoms with Crippen molar-refractivity contribution in [3.8, 4) is 0 Å². The molecule has 29 heavy (non-hydrogen) atoms. The summed E-state index contributed by atoms with van der Waals surface area (Å²) in [5.74, 6) is 0.155.